The summed E-state index contributed by atoms with van der Waals surface area (Å²) in [5.74, 6) is 0.744. The highest BCUT2D eigenvalue weighted by molar-refractivity contribution is 6.13. The Labute approximate surface area is 173 Å². The van der Waals surface area contributed by atoms with E-state index in [1.807, 2.05) is 30.5 Å². The van der Waals surface area contributed by atoms with Gasteiger partial charge in [0.15, 0.2) is 5.65 Å². The Bertz CT molecular complexity index is 1170. The highest BCUT2D eigenvalue weighted by atomic mass is 16.5. The molecule has 3 amide bonds. The number of amides is 3. The van der Waals surface area contributed by atoms with E-state index in [4.69, 9.17) is 9.72 Å². The smallest absolute Gasteiger partial charge is 0.331 e. The van der Waals surface area contributed by atoms with Crippen LogP contribution in [0.4, 0.5) is 10.5 Å². The predicted octanol–water partition coefficient (Wildman–Crippen LogP) is 2.85. The van der Waals surface area contributed by atoms with E-state index in [1.54, 1.807) is 6.07 Å². The second-order valence-electron chi connectivity index (χ2n) is 7.91. The molecule has 1 unspecified atom stereocenters. The molecule has 1 aliphatic heterocycles. The summed E-state index contributed by atoms with van der Waals surface area (Å²) in [5, 5.41) is 0. The van der Waals surface area contributed by atoms with Crippen molar-refractivity contribution < 1.29 is 14.3 Å². The van der Waals surface area contributed by atoms with Gasteiger partial charge in [-0.05, 0) is 44.2 Å². The Balaban J connectivity index is 1.54. The number of anilines is 1. The van der Waals surface area contributed by atoms with Crippen LogP contribution in [-0.2, 0) is 4.79 Å². The lowest BCUT2D eigenvalue weighted by Gasteiger charge is -2.17. The number of rotatable bonds is 5. The molecule has 5 rings (SSSR count). The molecule has 9 nitrogen and oxygen atoms in total. The molecular weight excluding hydrogens is 384 g/mol. The van der Waals surface area contributed by atoms with Gasteiger partial charge in [0, 0.05) is 31.2 Å². The maximum Gasteiger partial charge on any atom is 0.331 e. The van der Waals surface area contributed by atoms with Crippen LogP contribution in [0.25, 0.3) is 5.65 Å². The van der Waals surface area contributed by atoms with Crippen LogP contribution < -0.4 is 9.64 Å². The van der Waals surface area contributed by atoms with Crippen molar-refractivity contribution in [3.05, 3.63) is 47.8 Å². The number of hydrogen-bond acceptors (Lipinski definition) is 6. The largest absolute Gasteiger partial charge is 0.468 e. The summed E-state index contributed by atoms with van der Waals surface area (Å²) in [5.41, 5.74) is 3.96. The molecule has 154 valence electrons. The number of pyridine rings is 1. The van der Waals surface area contributed by atoms with Gasteiger partial charge in [-0.2, -0.15) is 0 Å². The van der Waals surface area contributed by atoms with Gasteiger partial charge >= 0.3 is 6.03 Å². The third-order valence-electron chi connectivity index (χ3n) is 5.59. The lowest BCUT2D eigenvalue weighted by molar-refractivity contribution is -0.123. The molecule has 0 aromatic carbocycles. The SMILES string of the molecule is Cc1cc(OC(C)c2cn3cc(C4CC4)cc(N4CC(=O)N(C)C4=O)c3n2)ncn1. The number of imide groups is 1. The number of likely N-dealkylation sites (N-methyl/N-ethyl adjacent to an activating group) is 1. The highest BCUT2D eigenvalue weighted by Gasteiger charge is 2.36. The van der Waals surface area contributed by atoms with Gasteiger partial charge in [-0.25, -0.2) is 19.7 Å². The molecule has 30 heavy (non-hydrogen) atoms. The predicted molar refractivity (Wildman–Crippen MR) is 108 cm³/mol. The third-order valence-corrected chi connectivity index (χ3v) is 5.59. The van der Waals surface area contributed by atoms with E-state index in [0.29, 0.717) is 28.8 Å². The highest BCUT2D eigenvalue weighted by Crippen LogP contribution is 2.42. The number of imidazole rings is 1. The fourth-order valence-corrected chi connectivity index (χ4v) is 3.68. The van der Waals surface area contributed by atoms with E-state index in [2.05, 4.69) is 16.2 Å². The van der Waals surface area contributed by atoms with E-state index in [1.165, 1.54) is 18.3 Å². The van der Waals surface area contributed by atoms with Gasteiger partial charge in [-0.3, -0.25) is 14.6 Å². The number of aryl methyl sites for hydroxylation is 1. The van der Waals surface area contributed by atoms with Crippen molar-refractivity contribution in [2.75, 3.05) is 18.5 Å². The molecular formula is C21H22N6O3. The second kappa shape index (κ2) is 6.79. The minimum atomic E-state index is -0.352. The van der Waals surface area contributed by atoms with Crippen LogP contribution in [0.1, 0.15) is 48.7 Å². The van der Waals surface area contributed by atoms with E-state index in [-0.39, 0.29) is 24.6 Å². The van der Waals surface area contributed by atoms with Crippen LogP contribution in [0.15, 0.2) is 30.9 Å². The molecule has 2 fully saturated rings. The zero-order chi connectivity index (χ0) is 21.0. The minimum Gasteiger partial charge on any atom is -0.468 e. The second-order valence-corrected chi connectivity index (χ2v) is 7.91. The van der Waals surface area contributed by atoms with Gasteiger partial charge in [-0.1, -0.05) is 0 Å². The van der Waals surface area contributed by atoms with Crippen molar-refractivity contribution in [1.29, 1.82) is 0 Å². The Kier molecular flexibility index (Phi) is 4.19. The summed E-state index contributed by atoms with van der Waals surface area (Å²) < 4.78 is 7.88. The van der Waals surface area contributed by atoms with Crippen LogP contribution in [0.2, 0.25) is 0 Å². The Hall–Kier alpha value is -3.49. The number of carbonyl (C=O) groups excluding carboxylic acids is 2. The Morgan fingerprint density at radius 3 is 2.63 bits per heavy atom. The average Bonchev–Trinajstić information content (AvgIpc) is 3.43. The molecule has 3 aromatic rings. The number of hydrogen-bond donors (Lipinski definition) is 0. The standard InChI is InChI=1S/C21H22N6O3/c1-12-6-18(23-11-22-12)30-13(2)16-9-26-8-15(14-4-5-14)7-17(20(26)24-16)27-10-19(28)25(3)21(27)29/h6-9,11,13-14H,4-5,10H2,1-3H3. The first-order chi connectivity index (χ1) is 14.4. The number of carbonyl (C=O) groups is 2. The molecule has 0 spiro atoms. The summed E-state index contributed by atoms with van der Waals surface area (Å²) in [7, 11) is 1.50. The Morgan fingerprint density at radius 1 is 1.17 bits per heavy atom. The number of fused-ring (bicyclic) bond motifs is 1. The number of nitrogens with zero attached hydrogens (tertiary/aromatic N) is 6. The quantitative estimate of drug-likeness (QED) is 0.605. The first-order valence-corrected chi connectivity index (χ1v) is 9.96. The third kappa shape index (κ3) is 3.16. The van der Waals surface area contributed by atoms with E-state index < -0.39 is 0 Å². The summed E-state index contributed by atoms with van der Waals surface area (Å²) in [6.45, 7) is 3.80. The van der Waals surface area contributed by atoms with Crippen LogP contribution >= 0.6 is 0 Å². The van der Waals surface area contributed by atoms with Crippen molar-refractivity contribution >= 4 is 23.3 Å². The molecule has 9 heteroatoms. The van der Waals surface area contributed by atoms with Gasteiger partial charge in [0.1, 0.15) is 19.0 Å². The molecule has 1 saturated heterocycles. The molecule has 3 aromatic heterocycles. The zero-order valence-corrected chi connectivity index (χ0v) is 17.1. The van der Waals surface area contributed by atoms with E-state index in [0.717, 1.165) is 29.0 Å². The molecule has 1 aliphatic carbocycles. The zero-order valence-electron chi connectivity index (χ0n) is 17.1. The molecule has 4 heterocycles. The van der Waals surface area contributed by atoms with Crippen molar-refractivity contribution in [3.8, 4) is 5.88 Å². The number of ether oxygens (including phenoxy) is 1. The lowest BCUT2D eigenvalue weighted by atomic mass is 10.1. The first-order valence-electron chi connectivity index (χ1n) is 9.96. The minimum absolute atomic E-state index is 0.0214. The fourth-order valence-electron chi connectivity index (χ4n) is 3.68. The van der Waals surface area contributed by atoms with Gasteiger partial charge in [0.25, 0.3) is 0 Å². The lowest BCUT2D eigenvalue weighted by Crippen LogP contribution is -2.30. The van der Waals surface area contributed by atoms with Gasteiger partial charge in [0.05, 0.1) is 11.4 Å². The van der Waals surface area contributed by atoms with Crippen molar-refractivity contribution in [3.63, 3.8) is 0 Å². The molecule has 0 radical (unpaired) electrons. The maximum absolute atomic E-state index is 12.6. The van der Waals surface area contributed by atoms with Crippen molar-refractivity contribution in [2.24, 2.45) is 0 Å². The van der Waals surface area contributed by atoms with Crippen molar-refractivity contribution in [2.45, 2.75) is 38.7 Å². The molecule has 0 N–H and O–H groups in total. The Morgan fingerprint density at radius 2 is 1.97 bits per heavy atom. The fraction of sp³-hybridized carbons (Fsp3) is 0.381. The monoisotopic (exact) mass is 406 g/mol. The van der Waals surface area contributed by atoms with E-state index in [9.17, 15) is 9.59 Å². The molecule has 0 bridgehead atoms. The normalized spacial score (nSPS) is 17.8. The van der Waals surface area contributed by atoms with Gasteiger partial charge in [-0.15, -0.1) is 0 Å². The summed E-state index contributed by atoms with van der Waals surface area (Å²) in [4.78, 5) is 40.3. The van der Waals surface area contributed by atoms with Gasteiger partial charge in [0.2, 0.25) is 11.8 Å². The summed E-state index contributed by atoms with van der Waals surface area (Å²) in [6, 6.07) is 3.43. The van der Waals surface area contributed by atoms with E-state index >= 15 is 0 Å². The molecule has 1 atom stereocenters. The van der Waals surface area contributed by atoms with Crippen LogP contribution in [0.3, 0.4) is 0 Å². The topological polar surface area (TPSA) is 92.9 Å². The summed E-state index contributed by atoms with van der Waals surface area (Å²) >= 11 is 0. The number of aromatic nitrogens is 4. The number of urea groups is 1. The first kappa shape index (κ1) is 18.5. The average molecular weight is 406 g/mol. The van der Waals surface area contributed by atoms with Crippen molar-refractivity contribution in [1.82, 2.24) is 24.3 Å². The van der Waals surface area contributed by atoms with Crippen LogP contribution in [0.5, 0.6) is 5.88 Å². The van der Waals surface area contributed by atoms with Crippen LogP contribution in [-0.4, -0.2) is 49.8 Å². The maximum atomic E-state index is 12.6. The molecule has 2 aliphatic rings. The van der Waals surface area contributed by atoms with Crippen LogP contribution in [0, 0.1) is 6.92 Å². The van der Waals surface area contributed by atoms with Gasteiger partial charge < -0.3 is 9.14 Å². The summed E-state index contributed by atoms with van der Waals surface area (Å²) in [6.07, 6.45) is 7.34. The molecule has 1 saturated carbocycles.